The standard InChI is InChI=1S/C10H12O6/c1-3-9(13)16-7(2)6-15-10(14)5-4-8(11)12/h3-5,7H,1,6H2,2H3,(H,11,12). The summed E-state index contributed by atoms with van der Waals surface area (Å²) in [4.78, 5) is 31.6. The van der Waals surface area contributed by atoms with Crippen molar-refractivity contribution in [2.75, 3.05) is 6.61 Å². The third-order valence-corrected chi connectivity index (χ3v) is 1.31. The van der Waals surface area contributed by atoms with Crippen LogP contribution in [0.3, 0.4) is 0 Å². The molecular formula is C10H12O6. The smallest absolute Gasteiger partial charge is 0.331 e. The second-order valence-electron chi connectivity index (χ2n) is 2.75. The van der Waals surface area contributed by atoms with Crippen molar-refractivity contribution >= 4 is 17.9 Å². The van der Waals surface area contributed by atoms with Gasteiger partial charge >= 0.3 is 17.9 Å². The molecule has 1 N–H and O–H groups in total. The Kier molecular flexibility index (Phi) is 6.27. The highest BCUT2D eigenvalue weighted by Crippen LogP contribution is 1.94. The Morgan fingerprint density at radius 1 is 1.31 bits per heavy atom. The van der Waals surface area contributed by atoms with E-state index in [1.807, 2.05) is 0 Å². The Labute approximate surface area is 92.2 Å². The van der Waals surface area contributed by atoms with Gasteiger partial charge in [-0.15, -0.1) is 0 Å². The number of carboxylic acids is 1. The van der Waals surface area contributed by atoms with Gasteiger partial charge in [0.2, 0.25) is 0 Å². The van der Waals surface area contributed by atoms with E-state index in [-0.39, 0.29) is 6.61 Å². The quantitative estimate of drug-likeness (QED) is 0.519. The predicted octanol–water partition coefficient (Wildman–Crippen LogP) is 0.288. The van der Waals surface area contributed by atoms with Crippen molar-refractivity contribution in [3.63, 3.8) is 0 Å². The molecule has 0 radical (unpaired) electrons. The number of carboxylic acid groups (broad SMARTS) is 1. The molecule has 0 spiro atoms. The molecule has 0 fully saturated rings. The molecule has 1 atom stereocenters. The fourth-order valence-electron chi connectivity index (χ4n) is 0.667. The van der Waals surface area contributed by atoms with Gasteiger partial charge in [-0.3, -0.25) is 0 Å². The number of hydrogen-bond acceptors (Lipinski definition) is 5. The van der Waals surface area contributed by atoms with Gasteiger partial charge < -0.3 is 14.6 Å². The van der Waals surface area contributed by atoms with E-state index in [1.54, 1.807) is 0 Å². The van der Waals surface area contributed by atoms with Crippen molar-refractivity contribution in [2.45, 2.75) is 13.0 Å². The largest absolute Gasteiger partial charge is 0.478 e. The van der Waals surface area contributed by atoms with E-state index in [4.69, 9.17) is 9.84 Å². The Hall–Kier alpha value is -2.11. The lowest BCUT2D eigenvalue weighted by Gasteiger charge is -2.10. The zero-order valence-electron chi connectivity index (χ0n) is 8.71. The maximum absolute atomic E-state index is 10.9. The van der Waals surface area contributed by atoms with Crippen LogP contribution in [0.25, 0.3) is 0 Å². The lowest BCUT2D eigenvalue weighted by Crippen LogP contribution is -2.20. The number of esters is 2. The molecule has 0 bridgehead atoms. The molecule has 88 valence electrons. The summed E-state index contributed by atoms with van der Waals surface area (Å²) in [5, 5.41) is 8.22. The predicted molar refractivity (Wildman–Crippen MR) is 53.5 cm³/mol. The van der Waals surface area contributed by atoms with Crippen LogP contribution in [0.4, 0.5) is 0 Å². The molecule has 0 saturated carbocycles. The van der Waals surface area contributed by atoms with Crippen LogP contribution in [0.1, 0.15) is 6.92 Å². The third-order valence-electron chi connectivity index (χ3n) is 1.31. The highest BCUT2D eigenvalue weighted by molar-refractivity contribution is 5.90. The second-order valence-corrected chi connectivity index (χ2v) is 2.75. The van der Waals surface area contributed by atoms with Gasteiger partial charge in [-0.2, -0.15) is 0 Å². The summed E-state index contributed by atoms with van der Waals surface area (Å²) in [6, 6.07) is 0. The number of ether oxygens (including phenoxy) is 2. The molecule has 16 heavy (non-hydrogen) atoms. The highest BCUT2D eigenvalue weighted by Gasteiger charge is 2.08. The van der Waals surface area contributed by atoms with Crippen molar-refractivity contribution in [3.8, 4) is 0 Å². The molecule has 0 aliphatic rings. The zero-order valence-corrected chi connectivity index (χ0v) is 8.71. The summed E-state index contributed by atoms with van der Waals surface area (Å²) in [7, 11) is 0. The number of rotatable bonds is 6. The fourth-order valence-corrected chi connectivity index (χ4v) is 0.667. The van der Waals surface area contributed by atoms with Crippen LogP contribution in [-0.2, 0) is 23.9 Å². The van der Waals surface area contributed by atoms with Gasteiger partial charge in [-0.05, 0) is 6.92 Å². The van der Waals surface area contributed by atoms with Crippen molar-refractivity contribution in [1.29, 1.82) is 0 Å². The monoisotopic (exact) mass is 228 g/mol. The average molecular weight is 228 g/mol. The maximum Gasteiger partial charge on any atom is 0.331 e. The summed E-state index contributed by atoms with van der Waals surface area (Å²) in [5.41, 5.74) is 0. The first kappa shape index (κ1) is 13.9. The van der Waals surface area contributed by atoms with Crippen molar-refractivity contribution in [1.82, 2.24) is 0 Å². The Bertz CT molecular complexity index is 317. The topological polar surface area (TPSA) is 89.9 Å². The van der Waals surface area contributed by atoms with E-state index >= 15 is 0 Å². The summed E-state index contributed by atoms with van der Waals surface area (Å²) in [5.74, 6) is -2.68. The van der Waals surface area contributed by atoms with Gasteiger partial charge in [0, 0.05) is 18.2 Å². The van der Waals surface area contributed by atoms with Crippen LogP contribution in [0.2, 0.25) is 0 Å². The number of carbonyl (C=O) groups is 3. The van der Waals surface area contributed by atoms with Gasteiger partial charge in [-0.25, -0.2) is 14.4 Å². The zero-order chi connectivity index (χ0) is 12.6. The molecule has 6 nitrogen and oxygen atoms in total. The third kappa shape index (κ3) is 7.31. The molecule has 0 aliphatic carbocycles. The van der Waals surface area contributed by atoms with Gasteiger partial charge in [0.25, 0.3) is 0 Å². The van der Waals surface area contributed by atoms with Crippen LogP contribution in [0.15, 0.2) is 24.8 Å². The molecule has 0 heterocycles. The minimum absolute atomic E-state index is 0.150. The summed E-state index contributed by atoms with van der Waals surface area (Å²) >= 11 is 0. The SMILES string of the molecule is C=CC(=O)OC(C)COC(=O)C=CC(=O)O. The minimum atomic E-state index is -1.25. The molecular weight excluding hydrogens is 216 g/mol. The first-order valence-electron chi connectivity index (χ1n) is 4.36. The number of carbonyl (C=O) groups excluding carboxylic acids is 2. The molecule has 0 aromatic carbocycles. The van der Waals surface area contributed by atoms with Crippen LogP contribution in [0, 0.1) is 0 Å². The van der Waals surface area contributed by atoms with E-state index in [2.05, 4.69) is 11.3 Å². The van der Waals surface area contributed by atoms with E-state index < -0.39 is 24.0 Å². The van der Waals surface area contributed by atoms with Crippen LogP contribution >= 0.6 is 0 Å². The molecule has 1 unspecified atom stereocenters. The molecule has 0 saturated heterocycles. The Morgan fingerprint density at radius 2 is 1.94 bits per heavy atom. The molecule has 0 amide bonds. The molecule has 0 aliphatic heterocycles. The van der Waals surface area contributed by atoms with Gasteiger partial charge in [0.15, 0.2) is 0 Å². The van der Waals surface area contributed by atoms with E-state index in [9.17, 15) is 14.4 Å². The molecule has 0 rings (SSSR count). The van der Waals surface area contributed by atoms with Crippen molar-refractivity contribution < 1.29 is 29.0 Å². The van der Waals surface area contributed by atoms with Gasteiger partial charge in [-0.1, -0.05) is 6.58 Å². The Morgan fingerprint density at radius 3 is 2.44 bits per heavy atom. The maximum atomic E-state index is 10.9. The Balaban J connectivity index is 3.87. The summed E-state index contributed by atoms with van der Waals surface area (Å²) in [6.07, 6.45) is 1.79. The first-order chi connectivity index (χ1) is 7.45. The van der Waals surface area contributed by atoms with E-state index in [1.165, 1.54) is 6.92 Å². The van der Waals surface area contributed by atoms with Crippen LogP contribution in [-0.4, -0.2) is 35.7 Å². The van der Waals surface area contributed by atoms with Crippen LogP contribution < -0.4 is 0 Å². The summed E-state index contributed by atoms with van der Waals surface area (Å²) < 4.78 is 9.30. The van der Waals surface area contributed by atoms with Crippen molar-refractivity contribution in [3.05, 3.63) is 24.8 Å². The molecule has 0 aromatic heterocycles. The summed E-state index contributed by atoms with van der Waals surface area (Å²) in [6.45, 7) is 4.57. The fraction of sp³-hybridized carbons (Fsp3) is 0.300. The lowest BCUT2D eigenvalue weighted by molar-refractivity contribution is -0.151. The first-order valence-corrected chi connectivity index (χ1v) is 4.36. The van der Waals surface area contributed by atoms with E-state index in [0.717, 1.165) is 12.2 Å². The molecule has 6 heteroatoms. The van der Waals surface area contributed by atoms with Gasteiger partial charge in [0.1, 0.15) is 12.7 Å². The van der Waals surface area contributed by atoms with Gasteiger partial charge in [0.05, 0.1) is 0 Å². The lowest BCUT2D eigenvalue weighted by atomic mass is 10.4. The average Bonchev–Trinajstić information content (AvgIpc) is 2.23. The highest BCUT2D eigenvalue weighted by atomic mass is 16.6. The normalized spacial score (nSPS) is 11.8. The van der Waals surface area contributed by atoms with E-state index in [0.29, 0.717) is 6.08 Å². The number of aliphatic carboxylic acids is 1. The number of hydrogen-bond donors (Lipinski definition) is 1. The second kappa shape index (κ2) is 7.22. The van der Waals surface area contributed by atoms with Crippen molar-refractivity contribution in [2.24, 2.45) is 0 Å². The van der Waals surface area contributed by atoms with Crippen LogP contribution in [0.5, 0.6) is 0 Å². The molecule has 0 aromatic rings. The minimum Gasteiger partial charge on any atom is -0.478 e.